The minimum atomic E-state index is -1.55. The molecule has 18 heteroatoms. The number of piperazine rings is 2. The molecule has 0 aliphatic carbocycles. The lowest BCUT2D eigenvalue weighted by molar-refractivity contribution is -0.148. The van der Waals surface area contributed by atoms with Gasteiger partial charge in [-0.15, -0.1) is 0 Å². The van der Waals surface area contributed by atoms with Crippen molar-refractivity contribution in [2.24, 2.45) is 5.73 Å². The standard InChI is InChI=1S/C23H25N5O4.C23H24N4O5/c1-14-6-7-15-17(12-14)25-21(16-4-2-3-5-18(16)29)26-22(15)27-8-10-28(11-9-27)23(32)19(30)13-20(24)31;1-14-6-7-15-17(12-14)24-21(16-4-2-3-5-18(16)28)25-22(15)26-8-10-27(11-9-26)23(32)19(29)13-20(30)31/h2-7,12,19,29-30H,8-11,13H2,1H3,(H2,24,31);2-7,12,19,28-29H,8-11,13H2,1H3,(H,30,31)/t2*19-/m11/s1. The molecule has 0 bridgehead atoms. The SMILES string of the molecule is Cc1ccc2c(N3CCN(C(=O)[C@H](O)CC(=O)O)CC3)nc(-c3ccccc3O)nc2c1.Cc1ccc2c(N3CCN(C(=O)[C@H](O)CC(N)=O)CC3)nc(-c3ccccc3O)nc2c1. The number of amides is 3. The predicted octanol–water partition coefficient (Wildman–Crippen LogP) is 2.99. The number of hydrogen-bond donors (Lipinski definition) is 6. The minimum absolute atomic E-state index is 0.0910. The van der Waals surface area contributed by atoms with Crippen molar-refractivity contribution in [2.45, 2.75) is 38.9 Å². The number of phenols is 2. The molecular weight excluding hydrogens is 823 g/mol. The summed E-state index contributed by atoms with van der Waals surface area (Å²) in [7, 11) is 0. The number of hydrogen-bond acceptors (Lipinski definition) is 14. The number of aliphatic hydroxyl groups is 2. The van der Waals surface area contributed by atoms with Gasteiger partial charge in [0.1, 0.15) is 35.3 Å². The molecule has 4 heterocycles. The molecule has 4 aromatic carbocycles. The molecular formula is C46H49N9O9. The molecule has 18 nitrogen and oxygen atoms in total. The van der Waals surface area contributed by atoms with Crippen molar-refractivity contribution >= 4 is 57.1 Å². The molecule has 0 radical (unpaired) electrons. The highest BCUT2D eigenvalue weighted by Gasteiger charge is 2.30. The Morgan fingerprint density at radius 3 is 1.34 bits per heavy atom. The van der Waals surface area contributed by atoms with Gasteiger partial charge in [0.2, 0.25) is 5.91 Å². The quantitative estimate of drug-likeness (QED) is 0.116. The Bertz CT molecular complexity index is 2530. The number of rotatable bonds is 10. The van der Waals surface area contributed by atoms with Crippen LogP contribution >= 0.6 is 0 Å². The van der Waals surface area contributed by atoms with Gasteiger partial charge in [-0.25, -0.2) is 19.9 Å². The number of benzene rings is 4. The van der Waals surface area contributed by atoms with Gasteiger partial charge in [-0.3, -0.25) is 19.2 Å². The summed E-state index contributed by atoms with van der Waals surface area (Å²) in [4.78, 5) is 72.5. The fraction of sp³-hybridized carbons (Fsp3) is 0.304. The topological polar surface area (TPSA) is 260 Å². The van der Waals surface area contributed by atoms with Crippen LogP contribution in [-0.2, 0) is 19.2 Å². The molecule has 2 aliphatic heterocycles. The first-order valence-corrected chi connectivity index (χ1v) is 20.7. The van der Waals surface area contributed by atoms with E-state index in [1.807, 2.05) is 67.3 Å². The van der Waals surface area contributed by atoms with E-state index in [-0.39, 0.29) is 11.5 Å². The number of nitrogens with zero attached hydrogens (tertiary/aromatic N) is 8. The largest absolute Gasteiger partial charge is 0.507 e. The molecule has 64 heavy (non-hydrogen) atoms. The molecule has 2 atom stereocenters. The average molecular weight is 872 g/mol. The summed E-state index contributed by atoms with van der Waals surface area (Å²) in [5.41, 5.74) is 9.79. The number of carboxylic acids is 1. The van der Waals surface area contributed by atoms with Crippen LogP contribution in [0.5, 0.6) is 11.5 Å². The Morgan fingerprint density at radius 2 is 0.969 bits per heavy atom. The second-order valence-electron chi connectivity index (χ2n) is 15.7. The lowest BCUT2D eigenvalue weighted by atomic mass is 10.1. The first kappa shape index (κ1) is 44.6. The first-order chi connectivity index (χ1) is 30.7. The molecule has 8 rings (SSSR count). The Balaban J connectivity index is 0.000000191. The van der Waals surface area contributed by atoms with Gasteiger partial charge in [-0.1, -0.05) is 36.4 Å². The molecule has 0 unspecified atom stereocenters. The van der Waals surface area contributed by atoms with Crippen LogP contribution < -0.4 is 15.5 Å². The number of aromatic hydroxyl groups is 2. The molecule has 3 amide bonds. The van der Waals surface area contributed by atoms with Crippen LogP contribution in [0.25, 0.3) is 44.6 Å². The van der Waals surface area contributed by atoms with Crippen LogP contribution in [-0.4, -0.2) is 144 Å². The zero-order chi connectivity index (χ0) is 45.7. The van der Waals surface area contributed by atoms with E-state index in [2.05, 4.69) is 14.9 Å². The van der Waals surface area contributed by atoms with Crippen molar-refractivity contribution in [3.8, 4) is 34.3 Å². The molecule has 2 fully saturated rings. The molecule has 2 saturated heterocycles. The van der Waals surface area contributed by atoms with E-state index in [9.17, 15) is 39.6 Å². The molecule has 2 aromatic heterocycles. The number of anilines is 2. The molecule has 0 saturated carbocycles. The molecule has 0 spiro atoms. The second kappa shape index (κ2) is 19.3. The monoisotopic (exact) mass is 871 g/mol. The van der Waals surface area contributed by atoms with Crippen molar-refractivity contribution in [3.05, 3.63) is 96.1 Å². The number of carbonyl (C=O) groups excluding carboxylic acids is 3. The van der Waals surface area contributed by atoms with E-state index in [1.165, 1.54) is 9.80 Å². The summed E-state index contributed by atoms with van der Waals surface area (Å²) >= 11 is 0. The summed E-state index contributed by atoms with van der Waals surface area (Å²) < 4.78 is 0. The van der Waals surface area contributed by atoms with Crippen molar-refractivity contribution < 1.29 is 44.7 Å². The Kier molecular flexibility index (Phi) is 13.5. The predicted molar refractivity (Wildman–Crippen MR) is 238 cm³/mol. The normalized spacial score (nSPS) is 15.1. The number of aliphatic carboxylic acids is 1. The lowest BCUT2D eigenvalue weighted by Crippen LogP contribution is -2.52. The number of aliphatic hydroxyl groups excluding tert-OH is 2. The maximum Gasteiger partial charge on any atom is 0.306 e. The molecule has 7 N–H and O–H groups in total. The second-order valence-corrected chi connectivity index (χ2v) is 15.7. The average Bonchev–Trinajstić information content (AvgIpc) is 3.27. The number of nitrogens with two attached hydrogens (primary N) is 1. The van der Waals surface area contributed by atoms with E-state index in [1.54, 1.807) is 36.4 Å². The van der Waals surface area contributed by atoms with Gasteiger partial charge in [-0.2, -0.15) is 0 Å². The van der Waals surface area contributed by atoms with Crippen molar-refractivity contribution in [2.75, 3.05) is 62.2 Å². The number of aromatic nitrogens is 4. The summed E-state index contributed by atoms with van der Waals surface area (Å²) in [5, 5.41) is 50.9. The summed E-state index contributed by atoms with van der Waals surface area (Å²) in [5.74, 6) is -0.570. The zero-order valence-electron chi connectivity index (χ0n) is 35.3. The Hall–Kier alpha value is -7.44. The van der Waals surface area contributed by atoms with Crippen LogP contribution in [0.1, 0.15) is 24.0 Å². The molecule has 2 aliphatic rings. The molecule has 332 valence electrons. The number of aryl methyl sites for hydroxylation is 2. The Morgan fingerprint density at radius 1 is 0.578 bits per heavy atom. The van der Waals surface area contributed by atoms with Gasteiger partial charge >= 0.3 is 5.97 Å². The van der Waals surface area contributed by atoms with Gasteiger partial charge in [-0.05, 0) is 73.5 Å². The number of phenolic OH excluding ortho intramolecular Hbond substituents is 2. The summed E-state index contributed by atoms with van der Waals surface area (Å²) in [6, 6.07) is 25.7. The maximum atomic E-state index is 12.4. The van der Waals surface area contributed by atoms with Crippen LogP contribution in [0.15, 0.2) is 84.9 Å². The van der Waals surface area contributed by atoms with Crippen LogP contribution in [0, 0.1) is 13.8 Å². The highest BCUT2D eigenvalue weighted by atomic mass is 16.4. The highest BCUT2D eigenvalue weighted by molar-refractivity contribution is 5.94. The third-order valence-electron chi connectivity index (χ3n) is 11.1. The number of primary amides is 1. The number of fused-ring (bicyclic) bond motifs is 2. The Labute approximate surface area is 367 Å². The van der Waals surface area contributed by atoms with Gasteiger partial charge in [0.05, 0.1) is 35.0 Å². The van der Waals surface area contributed by atoms with Gasteiger partial charge in [0.15, 0.2) is 11.6 Å². The minimum Gasteiger partial charge on any atom is -0.507 e. The third-order valence-corrected chi connectivity index (χ3v) is 11.1. The van der Waals surface area contributed by atoms with Crippen molar-refractivity contribution in [1.82, 2.24) is 29.7 Å². The smallest absolute Gasteiger partial charge is 0.306 e. The van der Waals surface area contributed by atoms with Crippen LogP contribution in [0.3, 0.4) is 0 Å². The fourth-order valence-corrected chi connectivity index (χ4v) is 7.72. The van der Waals surface area contributed by atoms with E-state index in [0.717, 1.165) is 38.8 Å². The van der Waals surface area contributed by atoms with Crippen LogP contribution in [0.2, 0.25) is 0 Å². The number of carboxylic acid groups (broad SMARTS) is 1. The van der Waals surface area contributed by atoms with Crippen molar-refractivity contribution in [3.63, 3.8) is 0 Å². The van der Waals surface area contributed by atoms with Crippen LogP contribution in [0.4, 0.5) is 11.6 Å². The van der Waals surface area contributed by atoms with E-state index in [0.29, 0.717) is 81.0 Å². The van der Waals surface area contributed by atoms with Gasteiger partial charge in [0.25, 0.3) is 11.8 Å². The van der Waals surface area contributed by atoms with Gasteiger partial charge in [0, 0.05) is 63.1 Å². The maximum absolute atomic E-state index is 12.4. The van der Waals surface area contributed by atoms with E-state index < -0.39 is 48.7 Å². The summed E-state index contributed by atoms with van der Waals surface area (Å²) in [6.07, 6.45) is -3.97. The lowest BCUT2D eigenvalue weighted by Gasteiger charge is -2.36. The van der Waals surface area contributed by atoms with Crippen molar-refractivity contribution in [1.29, 1.82) is 0 Å². The number of carbonyl (C=O) groups is 4. The van der Waals surface area contributed by atoms with E-state index >= 15 is 0 Å². The molecule has 6 aromatic rings. The highest BCUT2D eigenvalue weighted by Crippen LogP contribution is 2.34. The summed E-state index contributed by atoms with van der Waals surface area (Å²) in [6.45, 7) is 7.30. The first-order valence-electron chi connectivity index (χ1n) is 20.7. The third kappa shape index (κ3) is 10.1. The fourth-order valence-electron chi connectivity index (χ4n) is 7.72. The van der Waals surface area contributed by atoms with Gasteiger partial charge < -0.3 is 50.9 Å². The number of para-hydroxylation sites is 2. The van der Waals surface area contributed by atoms with E-state index in [4.69, 9.17) is 20.8 Å². The zero-order valence-corrected chi connectivity index (χ0v) is 35.3.